The van der Waals surface area contributed by atoms with E-state index in [2.05, 4.69) is 10.1 Å². The molecule has 0 bridgehead atoms. The van der Waals surface area contributed by atoms with Crippen molar-refractivity contribution >= 4 is 0 Å². The highest BCUT2D eigenvalue weighted by molar-refractivity contribution is 5.61. The largest absolute Gasteiger partial charge is 0.493 e. The highest BCUT2D eigenvalue weighted by Crippen LogP contribution is 2.31. The Labute approximate surface area is 159 Å². The maximum Gasteiger partial charge on any atom is 0.442 e. The molecule has 0 saturated heterocycles. The topological polar surface area (TPSA) is 92.5 Å². The van der Waals surface area contributed by atoms with E-state index in [0.29, 0.717) is 34.5 Å². The first-order valence-electron chi connectivity index (χ1n) is 8.48. The van der Waals surface area contributed by atoms with Crippen LogP contribution in [0.15, 0.2) is 68.5 Å². The third-order valence-electron chi connectivity index (χ3n) is 4.22. The summed E-state index contributed by atoms with van der Waals surface area (Å²) in [5.74, 6) is 1.35. The molecule has 0 unspecified atom stereocenters. The Balaban J connectivity index is 1.67. The predicted octanol–water partition coefficient (Wildman–Crippen LogP) is 3.22. The molecule has 8 heteroatoms. The van der Waals surface area contributed by atoms with E-state index in [1.54, 1.807) is 25.3 Å². The molecule has 0 aliphatic carbocycles. The van der Waals surface area contributed by atoms with E-state index in [0.717, 1.165) is 5.56 Å². The molecule has 0 radical (unpaired) electrons. The van der Waals surface area contributed by atoms with Crippen LogP contribution in [0.5, 0.6) is 11.5 Å². The Hall–Kier alpha value is -3.81. The van der Waals surface area contributed by atoms with Gasteiger partial charge < -0.3 is 13.9 Å². The van der Waals surface area contributed by atoms with Crippen molar-refractivity contribution in [2.24, 2.45) is 0 Å². The normalized spacial score (nSPS) is 10.8. The first-order chi connectivity index (χ1) is 13.7. The first-order valence-corrected chi connectivity index (χ1v) is 8.48. The van der Waals surface area contributed by atoms with Crippen molar-refractivity contribution < 1.29 is 18.4 Å². The fraction of sp³-hybridized carbons (Fsp3) is 0.150. The summed E-state index contributed by atoms with van der Waals surface area (Å²) < 4.78 is 22.4. The molecule has 4 rings (SSSR count). The molecule has 8 nitrogen and oxygen atoms in total. The molecular weight excluding hydrogens is 362 g/mol. The Kier molecular flexibility index (Phi) is 4.67. The summed E-state index contributed by atoms with van der Waals surface area (Å²) in [6.07, 6.45) is 1.51. The van der Waals surface area contributed by atoms with Gasteiger partial charge in [-0.2, -0.15) is 0 Å². The zero-order valence-corrected chi connectivity index (χ0v) is 15.3. The average Bonchev–Trinajstić information content (AvgIpc) is 3.36. The van der Waals surface area contributed by atoms with E-state index in [1.165, 1.54) is 17.9 Å². The number of hydrogen-bond donors (Lipinski definition) is 0. The highest BCUT2D eigenvalue weighted by Gasteiger charge is 2.17. The number of aromatic nitrogens is 3. The zero-order chi connectivity index (χ0) is 19.5. The molecule has 0 fully saturated rings. The van der Waals surface area contributed by atoms with Crippen molar-refractivity contribution in [2.45, 2.75) is 6.54 Å². The van der Waals surface area contributed by atoms with Crippen molar-refractivity contribution in [1.29, 1.82) is 0 Å². The number of oxazole rings is 1. The van der Waals surface area contributed by atoms with Gasteiger partial charge in [0.2, 0.25) is 5.89 Å². The summed E-state index contributed by atoms with van der Waals surface area (Å²) in [6.45, 7) is 0.155. The van der Waals surface area contributed by atoms with Crippen LogP contribution in [-0.4, -0.2) is 28.9 Å². The Bertz CT molecular complexity index is 1140. The summed E-state index contributed by atoms with van der Waals surface area (Å²) in [7, 11) is 3.09. The lowest BCUT2D eigenvalue weighted by Crippen LogP contribution is -2.16. The van der Waals surface area contributed by atoms with Gasteiger partial charge in [0.25, 0.3) is 0 Å². The van der Waals surface area contributed by atoms with E-state index < -0.39 is 5.76 Å². The van der Waals surface area contributed by atoms with Gasteiger partial charge in [0.1, 0.15) is 6.26 Å². The minimum Gasteiger partial charge on any atom is -0.493 e. The van der Waals surface area contributed by atoms with E-state index in [4.69, 9.17) is 18.4 Å². The number of benzene rings is 2. The molecule has 0 spiro atoms. The second-order valence-corrected chi connectivity index (χ2v) is 5.94. The molecule has 0 saturated carbocycles. The summed E-state index contributed by atoms with van der Waals surface area (Å²) in [5.41, 5.74) is 2.08. The fourth-order valence-electron chi connectivity index (χ4n) is 2.85. The fourth-order valence-corrected chi connectivity index (χ4v) is 2.85. The molecule has 2 aromatic heterocycles. The molecule has 28 heavy (non-hydrogen) atoms. The van der Waals surface area contributed by atoms with Gasteiger partial charge in [-0.1, -0.05) is 23.4 Å². The maximum atomic E-state index is 12.2. The van der Waals surface area contributed by atoms with Crippen molar-refractivity contribution in [2.75, 3.05) is 14.2 Å². The van der Waals surface area contributed by atoms with Crippen LogP contribution in [0.25, 0.3) is 22.8 Å². The number of methoxy groups -OCH3 is 2. The van der Waals surface area contributed by atoms with Crippen LogP contribution < -0.4 is 15.2 Å². The Morgan fingerprint density at radius 1 is 1.00 bits per heavy atom. The molecule has 142 valence electrons. The van der Waals surface area contributed by atoms with Gasteiger partial charge in [0.15, 0.2) is 17.3 Å². The van der Waals surface area contributed by atoms with Crippen LogP contribution >= 0.6 is 0 Å². The van der Waals surface area contributed by atoms with E-state index in [9.17, 15) is 4.79 Å². The number of rotatable bonds is 6. The average molecular weight is 379 g/mol. The minimum atomic E-state index is -0.589. The highest BCUT2D eigenvalue weighted by atomic mass is 16.5. The number of nitrogens with zero attached hydrogens (tertiary/aromatic N) is 3. The van der Waals surface area contributed by atoms with Gasteiger partial charge in [-0.15, -0.1) is 0 Å². The SMILES string of the molecule is COc1ccc(-c2noc(=O)n2Cc2coc(-c3ccccc3)n2)cc1OC. The number of ether oxygens (including phenoxy) is 2. The third-order valence-corrected chi connectivity index (χ3v) is 4.22. The molecule has 4 aromatic rings. The zero-order valence-electron chi connectivity index (χ0n) is 15.3. The van der Waals surface area contributed by atoms with Crippen LogP contribution in [-0.2, 0) is 6.54 Å². The monoisotopic (exact) mass is 379 g/mol. The van der Waals surface area contributed by atoms with Gasteiger partial charge in [0.05, 0.1) is 26.5 Å². The molecule has 0 aliphatic heterocycles. The van der Waals surface area contributed by atoms with Crippen molar-refractivity contribution in [3.05, 3.63) is 71.0 Å². The lowest BCUT2D eigenvalue weighted by molar-refractivity contribution is 0.355. The summed E-state index contributed by atoms with van der Waals surface area (Å²) in [4.78, 5) is 16.6. The predicted molar refractivity (Wildman–Crippen MR) is 100 cm³/mol. The lowest BCUT2D eigenvalue weighted by Gasteiger charge is -2.09. The lowest BCUT2D eigenvalue weighted by atomic mass is 10.2. The Morgan fingerprint density at radius 2 is 1.79 bits per heavy atom. The Morgan fingerprint density at radius 3 is 2.54 bits per heavy atom. The molecule has 0 N–H and O–H groups in total. The van der Waals surface area contributed by atoms with Crippen molar-refractivity contribution in [3.8, 4) is 34.3 Å². The van der Waals surface area contributed by atoms with Crippen molar-refractivity contribution in [3.63, 3.8) is 0 Å². The van der Waals surface area contributed by atoms with Crippen LogP contribution in [0.4, 0.5) is 0 Å². The summed E-state index contributed by atoms with van der Waals surface area (Å²) in [5, 5.41) is 3.90. The molecular formula is C20H17N3O5. The summed E-state index contributed by atoms with van der Waals surface area (Å²) >= 11 is 0. The van der Waals surface area contributed by atoms with Crippen molar-refractivity contribution in [1.82, 2.24) is 14.7 Å². The van der Waals surface area contributed by atoms with E-state index in [-0.39, 0.29) is 6.54 Å². The second kappa shape index (κ2) is 7.43. The third kappa shape index (κ3) is 3.27. The van der Waals surface area contributed by atoms with Crippen LogP contribution in [0.1, 0.15) is 5.69 Å². The number of hydrogen-bond acceptors (Lipinski definition) is 7. The van der Waals surface area contributed by atoms with Gasteiger partial charge in [-0.05, 0) is 30.3 Å². The van der Waals surface area contributed by atoms with Crippen LogP contribution in [0, 0.1) is 0 Å². The maximum absolute atomic E-state index is 12.2. The second-order valence-electron chi connectivity index (χ2n) is 5.94. The van der Waals surface area contributed by atoms with Gasteiger partial charge >= 0.3 is 5.76 Å². The standard InChI is InChI=1S/C20H17N3O5/c1-25-16-9-8-14(10-17(16)26-2)18-22-28-20(24)23(18)11-15-12-27-19(21-15)13-6-4-3-5-7-13/h3-10,12H,11H2,1-2H3. The smallest absolute Gasteiger partial charge is 0.442 e. The van der Waals surface area contributed by atoms with Gasteiger partial charge in [0, 0.05) is 11.1 Å². The first kappa shape index (κ1) is 17.6. The van der Waals surface area contributed by atoms with Gasteiger partial charge in [-0.25, -0.2) is 9.78 Å². The molecule has 2 aromatic carbocycles. The van der Waals surface area contributed by atoms with E-state index >= 15 is 0 Å². The van der Waals surface area contributed by atoms with Crippen LogP contribution in [0.3, 0.4) is 0 Å². The molecule has 2 heterocycles. The minimum absolute atomic E-state index is 0.155. The molecule has 0 atom stereocenters. The summed E-state index contributed by atoms with van der Waals surface area (Å²) in [6, 6.07) is 14.8. The molecule has 0 amide bonds. The molecule has 0 aliphatic rings. The van der Waals surface area contributed by atoms with Gasteiger partial charge in [-0.3, -0.25) is 9.09 Å². The van der Waals surface area contributed by atoms with Crippen LogP contribution in [0.2, 0.25) is 0 Å². The quantitative estimate of drug-likeness (QED) is 0.508. The van der Waals surface area contributed by atoms with E-state index in [1.807, 2.05) is 30.3 Å².